The van der Waals surface area contributed by atoms with Crippen molar-refractivity contribution in [1.82, 2.24) is 9.80 Å². The monoisotopic (exact) mass is 351 g/mol. The van der Waals surface area contributed by atoms with Crippen LogP contribution in [0.25, 0.3) is 0 Å². The molecule has 2 amide bonds. The lowest BCUT2D eigenvalue weighted by molar-refractivity contribution is -0.134. The predicted octanol–water partition coefficient (Wildman–Crippen LogP) is 1.73. The number of nitrogen functional groups attached to an aromatic ring is 1. The van der Waals surface area contributed by atoms with Crippen molar-refractivity contribution < 1.29 is 9.59 Å². The van der Waals surface area contributed by atoms with Gasteiger partial charge < -0.3 is 15.5 Å². The van der Waals surface area contributed by atoms with Gasteiger partial charge in [-0.2, -0.15) is 0 Å². The summed E-state index contributed by atoms with van der Waals surface area (Å²) < 4.78 is 0.732. The van der Waals surface area contributed by atoms with Crippen LogP contribution in [0.3, 0.4) is 0 Å². The molecule has 2 aliphatic rings. The minimum atomic E-state index is -0.00535. The number of hydrogen-bond donors (Lipinski definition) is 1. The number of piperazine rings is 1. The lowest BCUT2D eigenvalue weighted by atomic mass is 10.1. The minimum Gasteiger partial charge on any atom is -0.398 e. The van der Waals surface area contributed by atoms with Crippen LogP contribution < -0.4 is 5.73 Å². The molecule has 1 saturated heterocycles. The van der Waals surface area contributed by atoms with Gasteiger partial charge in [-0.25, -0.2) is 0 Å². The second kappa shape index (κ2) is 5.67. The molecule has 2 fully saturated rings. The normalized spacial score (nSPS) is 18.7. The molecule has 112 valence electrons. The largest absolute Gasteiger partial charge is 0.398 e. The van der Waals surface area contributed by atoms with Crippen molar-refractivity contribution in [3.63, 3.8) is 0 Å². The zero-order valence-electron chi connectivity index (χ0n) is 11.7. The third-order valence-electron chi connectivity index (χ3n) is 4.05. The van der Waals surface area contributed by atoms with Crippen LogP contribution in [0.5, 0.6) is 0 Å². The average molecular weight is 352 g/mol. The van der Waals surface area contributed by atoms with E-state index in [0.717, 1.165) is 17.3 Å². The van der Waals surface area contributed by atoms with Gasteiger partial charge in [-0.3, -0.25) is 9.59 Å². The molecule has 2 N–H and O–H groups in total. The van der Waals surface area contributed by atoms with E-state index in [0.29, 0.717) is 37.4 Å². The van der Waals surface area contributed by atoms with Gasteiger partial charge in [0.1, 0.15) is 0 Å². The Morgan fingerprint density at radius 1 is 1.10 bits per heavy atom. The van der Waals surface area contributed by atoms with E-state index in [1.54, 1.807) is 23.1 Å². The molecule has 1 heterocycles. The number of nitrogens with zero attached hydrogens (tertiary/aromatic N) is 2. The molecule has 0 unspecified atom stereocenters. The van der Waals surface area contributed by atoms with Gasteiger partial charge in [0, 0.05) is 47.8 Å². The van der Waals surface area contributed by atoms with E-state index in [-0.39, 0.29) is 17.7 Å². The van der Waals surface area contributed by atoms with E-state index in [1.165, 1.54) is 0 Å². The van der Waals surface area contributed by atoms with E-state index in [2.05, 4.69) is 15.9 Å². The quantitative estimate of drug-likeness (QED) is 0.825. The van der Waals surface area contributed by atoms with Crippen molar-refractivity contribution in [3.05, 3.63) is 28.2 Å². The summed E-state index contributed by atoms with van der Waals surface area (Å²) in [6.45, 7) is 2.47. The second-order valence-corrected chi connectivity index (χ2v) is 6.48. The zero-order valence-corrected chi connectivity index (χ0v) is 13.3. The summed E-state index contributed by atoms with van der Waals surface area (Å²) in [6.07, 6.45) is 2.05. The second-order valence-electron chi connectivity index (χ2n) is 5.63. The molecular formula is C15H18BrN3O2. The van der Waals surface area contributed by atoms with Gasteiger partial charge >= 0.3 is 0 Å². The Morgan fingerprint density at radius 3 is 2.29 bits per heavy atom. The Labute approximate surface area is 132 Å². The van der Waals surface area contributed by atoms with Gasteiger partial charge in [0.05, 0.1) is 0 Å². The summed E-state index contributed by atoms with van der Waals surface area (Å²) in [6, 6.07) is 5.22. The van der Waals surface area contributed by atoms with Gasteiger partial charge in [-0.15, -0.1) is 0 Å². The molecule has 0 bridgehead atoms. The number of rotatable bonds is 2. The summed E-state index contributed by atoms with van der Waals surface area (Å²) >= 11 is 3.34. The average Bonchev–Trinajstić information content (AvgIpc) is 3.33. The number of hydrogen-bond acceptors (Lipinski definition) is 3. The number of carbonyl (C=O) groups is 2. The highest BCUT2D eigenvalue weighted by Crippen LogP contribution is 2.31. The SMILES string of the molecule is Nc1ccc(C(=O)N2CCN(C(=O)C3CC3)CC2)cc1Br. The maximum atomic E-state index is 12.4. The van der Waals surface area contributed by atoms with E-state index < -0.39 is 0 Å². The molecule has 1 aliphatic heterocycles. The van der Waals surface area contributed by atoms with Gasteiger partial charge in [-0.05, 0) is 47.0 Å². The topological polar surface area (TPSA) is 66.6 Å². The predicted molar refractivity (Wildman–Crippen MR) is 83.8 cm³/mol. The molecule has 0 atom stereocenters. The van der Waals surface area contributed by atoms with E-state index in [4.69, 9.17) is 5.73 Å². The lowest BCUT2D eigenvalue weighted by Crippen LogP contribution is -2.51. The lowest BCUT2D eigenvalue weighted by Gasteiger charge is -2.35. The number of carbonyl (C=O) groups excluding carboxylic acids is 2. The molecule has 5 nitrogen and oxygen atoms in total. The molecule has 0 radical (unpaired) electrons. The van der Waals surface area contributed by atoms with Crippen LogP contribution in [0.1, 0.15) is 23.2 Å². The molecule has 0 aromatic heterocycles. The molecule has 21 heavy (non-hydrogen) atoms. The van der Waals surface area contributed by atoms with Crippen LogP contribution in [-0.4, -0.2) is 47.8 Å². The Balaban J connectivity index is 1.61. The third-order valence-corrected chi connectivity index (χ3v) is 4.74. The Kier molecular flexibility index (Phi) is 3.89. The molecule has 1 aliphatic carbocycles. The van der Waals surface area contributed by atoms with Gasteiger partial charge in [0.25, 0.3) is 5.91 Å². The van der Waals surface area contributed by atoms with Crippen LogP contribution in [0.2, 0.25) is 0 Å². The van der Waals surface area contributed by atoms with Crippen molar-refractivity contribution in [1.29, 1.82) is 0 Å². The fourth-order valence-electron chi connectivity index (χ4n) is 2.56. The van der Waals surface area contributed by atoms with Crippen LogP contribution in [-0.2, 0) is 4.79 Å². The smallest absolute Gasteiger partial charge is 0.254 e. The van der Waals surface area contributed by atoms with E-state index >= 15 is 0 Å². The van der Waals surface area contributed by atoms with Crippen LogP contribution in [0.15, 0.2) is 22.7 Å². The number of nitrogens with two attached hydrogens (primary N) is 1. The summed E-state index contributed by atoms with van der Waals surface area (Å²) in [5.74, 6) is 0.506. The molecule has 1 aromatic rings. The summed E-state index contributed by atoms with van der Waals surface area (Å²) in [7, 11) is 0. The standard InChI is InChI=1S/C15H18BrN3O2/c16-12-9-11(3-4-13(12)17)15(21)19-7-5-18(6-8-19)14(20)10-1-2-10/h3-4,9-10H,1-2,5-8,17H2. The molecular weight excluding hydrogens is 334 g/mol. The van der Waals surface area contributed by atoms with Gasteiger partial charge in [0.15, 0.2) is 0 Å². The van der Waals surface area contributed by atoms with Crippen LogP contribution >= 0.6 is 15.9 Å². The summed E-state index contributed by atoms with van der Waals surface area (Å²) in [5, 5.41) is 0. The van der Waals surface area contributed by atoms with Crippen molar-refractivity contribution in [3.8, 4) is 0 Å². The Hall–Kier alpha value is -1.56. The van der Waals surface area contributed by atoms with E-state index in [1.807, 2.05) is 4.90 Å². The number of amides is 2. The van der Waals surface area contributed by atoms with Crippen molar-refractivity contribution in [2.75, 3.05) is 31.9 Å². The Bertz CT molecular complexity index is 578. The van der Waals surface area contributed by atoms with Crippen LogP contribution in [0, 0.1) is 5.92 Å². The highest BCUT2D eigenvalue weighted by molar-refractivity contribution is 9.10. The number of benzene rings is 1. The third kappa shape index (κ3) is 3.05. The first kappa shape index (κ1) is 14.4. The fourth-order valence-corrected chi connectivity index (χ4v) is 2.94. The zero-order chi connectivity index (χ0) is 15.0. The van der Waals surface area contributed by atoms with E-state index in [9.17, 15) is 9.59 Å². The number of halogens is 1. The van der Waals surface area contributed by atoms with Crippen LogP contribution in [0.4, 0.5) is 5.69 Å². The highest BCUT2D eigenvalue weighted by atomic mass is 79.9. The summed E-state index contributed by atoms with van der Waals surface area (Å²) in [4.78, 5) is 28.1. The van der Waals surface area contributed by atoms with Gasteiger partial charge in [0.2, 0.25) is 5.91 Å². The maximum absolute atomic E-state index is 12.4. The molecule has 0 spiro atoms. The fraction of sp³-hybridized carbons (Fsp3) is 0.467. The molecule has 1 aromatic carbocycles. The Morgan fingerprint density at radius 2 is 1.71 bits per heavy atom. The highest BCUT2D eigenvalue weighted by Gasteiger charge is 2.35. The first-order chi connectivity index (χ1) is 10.1. The van der Waals surface area contributed by atoms with Gasteiger partial charge in [-0.1, -0.05) is 0 Å². The van der Waals surface area contributed by atoms with Crippen molar-refractivity contribution >= 4 is 33.4 Å². The molecule has 3 rings (SSSR count). The minimum absolute atomic E-state index is 0.00535. The maximum Gasteiger partial charge on any atom is 0.254 e. The first-order valence-corrected chi connectivity index (χ1v) is 7.98. The first-order valence-electron chi connectivity index (χ1n) is 7.19. The van der Waals surface area contributed by atoms with Crippen molar-refractivity contribution in [2.45, 2.75) is 12.8 Å². The van der Waals surface area contributed by atoms with Crippen molar-refractivity contribution in [2.24, 2.45) is 5.92 Å². The molecule has 6 heteroatoms. The summed E-state index contributed by atoms with van der Waals surface area (Å²) in [5.41, 5.74) is 6.98. The molecule has 1 saturated carbocycles. The number of anilines is 1.